The normalized spacial score (nSPS) is 21.0. The minimum absolute atomic E-state index is 0.0335. The van der Waals surface area contributed by atoms with Crippen LogP contribution in [0.5, 0.6) is 5.75 Å². The van der Waals surface area contributed by atoms with Crippen molar-refractivity contribution < 1.29 is 17.9 Å². The molecule has 8 nitrogen and oxygen atoms in total. The first-order valence-electron chi connectivity index (χ1n) is 8.75. The van der Waals surface area contributed by atoms with Crippen LogP contribution in [-0.2, 0) is 15.8 Å². The molecule has 0 radical (unpaired) electrons. The number of hydrogen-bond donors (Lipinski definition) is 2. The lowest BCUT2D eigenvalue weighted by Gasteiger charge is -2.20. The number of likely N-dealkylation sites (tertiary alicyclic amines) is 1. The molecule has 2 amide bonds. The molecule has 1 aromatic rings. The summed E-state index contributed by atoms with van der Waals surface area (Å²) in [6.07, 6.45) is 1.77. The van der Waals surface area contributed by atoms with Crippen molar-refractivity contribution in [3.63, 3.8) is 0 Å². The first kappa shape index (κ1) is 18.5. The number of nitrogens with one attached hydrogen (secondary N) is 1. The fraction of sp³-hybridized carbons (Fsp3) is 0.529. The van der Waals surface area contributed by atoms with Crippen LogP contribution in [0.25, 0.3) is 0 Å². The zero-order valence-corrected chi connectivity index (χ0v) is 15.6. The van der Waals surface area contributed by atoms with Crippen molar-refractivity contribution in [3.05, 3.63) is 29.3 Å². The van der Waals surface area contributed by atoms with Crippen LogP contribution in [-0.4, -0.2) is 51.4 Å². The average molecular weight is 380 g/mol. The number of amidine groups is 1. The lowest BCUT2D eigenvalue weighted by atomic mass is 10.1. The Labute approximate surface area is 153 Å². The van der Waals surface area contributed by atoms with Crippen molar-refractivity contribution in [2.24, 2.45) is 16.0 Å². The van der Waals surface area contributed by atoms with Crippen LogP contribution in [0.2, 0.25) is 0 Å². The number of carbonyl (C=O) groups is 1. The molecule has 2 heterocycles. The summed E-state index contributed by atoms with van der Waals surface area (Å²) in [6, 6.07) is 5.20. The number of fused-ring (bicyclic) bond motifs is 1. The Morgan fingerprint density at radius 1 is 1.46 bits per heavy atom. The summed E-state index contributed by atoms with van der Waals surface area (Å²) in [5.74, 6) is 0.555. The van der Waals surface area contributed by atoms with E-state index >= 15 is 0 Å². The molecular formula is C17H24N4O4S. The zero-order chi connectivity index (χ0) is 18.7. The van der Waals surface area contributed by atoms with Gasteiger partial charge >= 0.3 is 6.03 Å². The summed E-state index contributed by atoms with van der Waals surface area (Å²) in [5.41, 5.74) is 7.00. The molecule has 3 rings (SSSR count). The number of rotatable bonds is 5. The fourth-order valence-corrected chi connectivity index (χ4v) is 4.33. The third-order valence-electron chi connectivity index (χ3n) is 4.52. The van der Waals surface area contributed by atoms with Crippen molar-refractivity contribution in [1.82, 2.24) is 10.2 Å². The van der Waals surface area contributed by atoms with Crippen molar-refractivity contribution >= 4 is 21.9 Å². The van der Waals surface area contributed by atoms with Gasteiger partial charge in [0, 0.05) is 25.6 Å². The molecular weight excluding hydrogens is 356 g/mol. The molecule has 142 valence electrons. The molecule has 1 fully saturated rings. The Kier molecular flexibility index (Phi) is 5.36. The second-order valence-corrected chi connectivity index (χ2v) is 8.27. The Balaban J connectivity index is 1.63. The van der Waals surface area contributed by atoms with Crippen LogP contribution in [0.3, 0.4) is 0 Å². The SMILES string of the molecule is CCCNC(=O)N1CC[C@@H](COc2cccc3c2C(N)=NS(=O)(=O)C3)C1. The summed E-state index contributed by atoms with van der Waals surface area (Å²) in [6.45, 7) is 4.48. The van der Waals surface area contributed by atoms with Gasteiger partial charge in [-0.1, -0.05) is 19.1 Å². The minimum atomic E-state index is -3.56. The molecule has 0 bridgehead atoms. The summed E-state index contributed by atoms with van der Waals surface area (Å²) in [4.78, 5) is 13.8. The van der Waals surface area contributed by atoms with Gasteiger partial charge in [0.05, 0.1) is 17.9 Å². The smallest absolute Gasteiger partial charge is 0.317 e. The largest absolute Gasteiger partial charge is 0.492 e. The quantitative estimate of drug-likeness (QED) is 0.793. The van der Waals surface area contributed by atoms with Gasteiger partial charge in [0.1, 0.15) is 11.6 Å². The predicted molar refractivity (Wildman–Crippen MR) is 98.7 cm³/mol. The van der Waals surface area contributed by atoms with Gasteiger partial charge in [0.15, 0.2) is 0 Å². The molecule has 9 heteroatoms. The van der Waals surface area contributed by atoms with Crippen LogP contribution in [0.1, 0.15) is 30.9 Å². The van der Waals surface area contributed by atoms with Crippen LogP contribution in [0, 0.1) is 5.92 Å². The second kappa shape index (κ2) is 7.53. The monoisotopic (exact) mass is 380 g/mol. The number of hydrogen-bond acceptors (Lipinski definition) is 5. The molecule has 26 heavy (non-hydrogen) atoms. The molecule has 0 aliphatic carbocycles. The topological polar surface area (TPSA) is 114 Å². The zero-order valence-electron chi connectivity index (χ0n) is 14.8. The van der Waals surface area contributed by atoms with Gasteiger partial charge in [-0.2, -0.15) is 0 Å². The lowest BCUT2D eigenvalue weighted by Crippen LogP contribution is -2.39. The van der Waals surface area contributed by atoms with Gasteiger partial charge in [-0.3, -0.25) is 0 Å². The molecule has 0 spiro atoms. The summed E-state index contributed by atoms with van der Waals surface area (Å²) in [7, 11) is -3.56. The second-order valence-electron chi connectivity index (χ2n) is 6.64. The van der Waals surface area contributed by atoms with E-state index in [9.17, 15) is 13.2 Å². The highest BCUT2D eigenvalue weighted by Gasteiger charge is 2.28. The number of ether oxygens (including phenoxy) is 1. The van der Waals surface area contributed by atoms with Crippen molar-refractivity contribution in [2.75, 3.05) is 26.2 Å². The van der Waals surface area contributed by atoms with Crippen LogP contribution in [0.4, 0.5) is 4.79 Å². The van der Waals surface area contributed by atoms with E-state index in [4.69, 9.17) is 10.5 Å². The number of carbonyl (C=O) groups excluding carboxylic acids is 1. The van der Waals surface area contributed by atoms with E-state index < -0.39 is 10.0 Å². The van der Waals surface area contributed by atoms with E-state index in [1.165, 1.54) is 0 Å². The van der Waals surface area contributed by atoms with Gasteiger partial charge in [0.2, 0.25) is 0 Å². The maximum atomic E-state index is 12.0. The molecule has 1 aromatic carbocycles. The third-order valence-corrected chi connectivity index (χ3v) is 5.67. The third kappa shape index (κ3) is 4.09. The molecule has 3 N–H and O–H groups in total. The number of benzene rings is 1. The molecule has 2 aliphatic heterocycles. The van der Waals surface area contributed by atoms with Crippen LogP contribution < -0.4 is 15.8 Å². The lowest BCUT2D eigenvalue weighted by molar-refractivity contribution is 0.202. The summed E-state index contributed by atoms with van der Waals surface area (Å²) >= 11 is 0. The van der Waals surface area contributed by atoms with E-state index in [0.717, 1.165) is 12.8 Å². The van der Waals surface area contributed by atoms with Gasteiger partial charge < -0.3 is 20.7 Å². The van der Waals surface area contributed by atoms with Gasteiger partial charge in [0.25, 0.3) is 10.0 Å². The highest BCUT2D eigenvalue weighted by Crippen LogP contribution is 2.29. The Bertz CT molecular complexity index is 822. The number of amides is 2. The van der Waals surface area contributed by atoms with Gasteiger partial charge in [-0.15, -0.1) is 4.40 Å². The highest BCUT2D eigenvalue weighted by atomic mass is 32.2. The number of nitrogens with zero attached hydrogens (tertiary/aromatic N) is 2. The van der Waals surface area contributed by atoms with Crippen LogP contribution in [0.15, 0.2) is 22.6 Å². The molecule has 1 atom stereocenters. The first-order chi connectivity index (χ1) is 12.4. The highest BCUT2D eigenvalue weighted by molar-refractivity contribution is 7.89. The van der Waals surface area contributed by atoms with Gasteiger partial charge in [-0.05, 0) is 24.5 Å². The van der Waals surface area contributed by atoms with E-state index in [1.807, 2.05) is 6.92 Å². The maximum Gasteiger partial charge on any atom is 0.317 e. The van der Waals surface area contributed by atoms with Crippen molar-refractivity contribution in [1.29, 1.82) is 0 Å². The Morgan fingerprint density at radius 2 is 2.27 bits per heavy atom. The molecule has 0 saturated carbocycles. The van der Waals surface area contributed by atoms with E-state index in [1.54, 1.807) is 23.1 Å². The first-order valence-corrected chi connectivity index (χ1v) is 10.4. The Morgan fingerprint density at radius 3 is 3.04 bits per heavy atom. The standard InChI is InChI=1S/C17H24N4O4S/c1-2-7-19-17(22)21-8-6-12(9-21)10-25-14-5-3-4-13-11-26(23,24)20-16(18)15(13)14/h3-5,12H,2,6-11H2,1H3,(H2,18,20)(H,19,22)/t12-/m1/s1. The van der Waals surface area contributed by atoms with E-state index in [2.05, 4.69) is 9.71 Å². The average Bonchev–Trinajstić information content (AvgIpc) is 3.05. The minimum Gasteiger partial charge on any atom is -0.492 e. The molecule has 2 aliphatic rings. The van der Waals surface area contributed by atoms with E-state index in [-0.39, 0.29) is 23.5 Å². The summed E-state index contributed by atoms with van der Waals surface area (Å²) < 4.78 is 33.0. The number of urea groups is 1. The van der Waals surface area contributed by atoms with E-state index in [0.29, 0.717) is 43.1 Å². The Hall–Kier alpha value is -2.29. The maximum absolute atomic E-state index is 12.0. The van der Waals surface area contributed by atoms with Crippen LogP contribution >= 0.6 is 0 Å². The molecule has 1 saturated heterocycles. The predicted octanol–water partition coefficient (Wildman–Crippen LogP) is 1.06. The fourth-order valence-electron chi connectivity index (χ4n) is 3.24. The number of sulfonamides is 1. The summed E-state index contributed by atoms with van der Waals surface area (Å²) in [5, 5.41) is 2.88. The van der Waals surface area contributed by atoms with Crippen molar-refractivity contribution in [3.8, 4) is 5.75 Å². The molecule has 0 unspecified atom stereocenters. The van der Waals surface area contributed by atoms with Gasteiger partial charge in [-0.25, -0.2) is 13.2 Å². The van der Waals surface area contributed by atoms with Crippen molar-refractivity contribution in [2.45, 2.75) is 25.5 Å². The number of nitrogens with two attached hydrogens (primary N) is 1. The molecule has 0 aromatic heterocycles.